The highest BCUT2D eigenvalue weighted by Crippen LogP contribution is 2.28. The SMILES string of the molecule is CC(c1nc2ccccc2s1)N(C)C(=O)CCN. The minimum Gasteiger partial charge on any atom is -0.337 e. The zero-order chi connectivity index (χ0) is 13.1. The number of nitrogens with zero attached hydrogens (tertiary/aromatic N) is 2. The predicted molar refractivity (Wildman–Crippen MR) is 74.5 cm³/mol. The summed E-state index contributed by atoms with van der Waals surface area (Å²) >= 11 is 1.63. The van der Waals surface area contributed by atoms with E-state index in [1.807, 2.05) is 31.2 Å². The van der Waals surface area contributed by atoms with Crippen LogP contribution in [0.25, 0.3) is 10.2 Å². The lowest BCUT2D eigenvalue weighted by Gasteiger charge is -2.22. The molecule has 0 radical (unpaired) electrons. The molecule has 96 valence electrons. The van der Waals surface area contributed by atoms with Gasteiger partial charge in [-0.3, -0.25) is 4.79 Å². The number of hydrogen-bond acceptors (Lipinski definition) is 4. The fourth-order valence-electron chi connectivity index (χ4n) is 1.75. The van der Waals surface area contributed by atoms with Gasteiger partial charge in [-0.05, 0) is 19.1 Å². The average Bonchev–Trinajstić information content (AvgIpc) is 2.81. The van der Waals surface area contributed by atoms with Crippen LogP contribution in [0.1, 0.15) is 24.4 Å². The van der Waals surface area contributed by atoms with Gasteiger partial charge in [-0.25, -0.2) is 4.98 Å². The van der Waals surface area contributed by atoms with Crippen LogP contribution in [0, 0.1) is 0 Å². The number of thiazole rings is 1. The molecule has 1 atom stereocenters. The summed E-state index contributed by atoms with van der Waals surface area (Å²) in [5.74, 6) is 0.0595. The Morgan fingerprint density at radius 2 is 2.22 bits per heavy atom. The van der Waals surface area contributed by atoms with Gasteiger partial charge in [-0.15, -0.1) is 11.3 Å². The third kappa shape index (κ3) is 2.52. The largest absolute Gasteiger partial charge is 0.337 e. The van der Waals surface area contributed by atoms with Gasteiger partial charge in [0.15, 0.2) is 0 Å². The maximum Gasteiger partial charge on any atom is 0.224 e. The van der Waals surface area contributed by atoms with E-state index in [2.05, 4.69) is 4.98 Å². The van der Waals surface area contributed by atoms with Crippen LogP contribution >= 0.6 is 11.3 Å². The quantitative estimate of drug-likeness (QED) is 0.919. The molecular weight excluding hydrogens is 246 g/mol. The van der Waals surface area contributed by atoms with E-state index in [9.17, 15) is 4.79 Å². The summed E-state index contributed by atoms with van der Waals surface area (Å²) < 4.78 is 1.15. The maximum atomic E-state index is 11.8. The van der Waals surface area contributed by atoms with Gasteiger partial charge in [0.05, 0.1) is 16.3 Å². The number of carbonyl (C=O) groups is 1. The van der Waals surface area contributed by atoms with E-state index in [1.54, 1.807) is 23.3 Å². The summed E-state index contributed by atoms with van der Waals surface area (Å²) in [5, 5.41) is 0.962. The van der Waals surface area contributed by atoms with E-state index in [0.29, 0.717) is 13.0 Å². The molecule has 4 nitrogen and oxygen atoms in total. The zero-order valence-corrected chi connectivity index (χ0v) is 11.4. The third-order valence-electron chi connectivity index (χ3n) is 3.00. The van der Waals surface area contributed by atoms with E-state index < -0.39 is 0 Å². The molecule has 1 heterocycles. The Hall–Kier alpha value is -1.46. The van der Waals surface area contributed by atoms with Crippen LogP contribution < -0.4 is 5.73 Å². The van der Waals surface area contributed by atoms with Crippen LogP contribution in [0.5, 0.6) is 0 Å². The number of nitrogens with two attached hydrogens (primary N) is 1. The molecule has 5 heteroatoms. The molecule has 2 rings (SSSR count). The second-order valence-corrected chi connectivity index (χ2v) is 5.30. The van der Waals surface area contributed by atoms with Crippen molar-refractivity contribution in [3.05, 3.63) is 29.3 Å². The molecule has 0 aliphatic carbocycles. The van der Waals surface area contributed by atoms with Crippen LogP contribution in [0.3, 0.4) is 0 Å². The number of aromatic nitrogens is 1. The zero-order valence-electron chi connectivity index (χ0n) is 10.6. The number of fused-ring (bicyclic) bond motifs is 1. The fraction of sp³-hybridized carbons (Fsp3) is 0.385. The second kappa shape index (κ2) is 5.46. The van der Waals surface area contributed by atoms with Crippen LogP contribution in [0.4, 0.5) is 0 Å². The first kappa shape index (κ1) is 13.0. The minimum absolute atomic E-state index is 0.0125. The van der Waals surface area contributed by atoms with Crippen molar-refractivity contribution >= 4 is 27.5 Å². The predicted octanol–water partition coefficient (Wildman–Crippen LogP) is 2.16. The topological polar surface area (TPSA) is 59.2 Å². The molecule has 0 saturated carbocycles. The first-order valence-electron chi connectivity index (χ1n) is 5.94. The lowest BCUT2D eigenvalue weighted by molar-refractivity contribution is -0.131. The van der Waals surface area contributed by atoms with Crippen molar-refractivity contribution in [3.8, 4) is 0 Å². The third-order valence-corrected chi connectivity index (χ3v) is 4.21. The summed E-state index contributed by atoms with van der Waals surface area (Å²) in [6.45, 7) is 2.38. The number of amides is 1. The van der Waals surface area contributed by atoms with Crippen LogP contribution in [0.2, 0.25) is 0 Å². The van der Waals surface area contributed by atoms with E-state index in [0.717, 1.165) is 15.2 Å². The Labute approximate surface area is 110 Å². The molecule has 0 aliphatic rings. The molecule has 0 saturated heterocycles. The molecule has 1 aromatic carbocycles. The van der Waals surface area contributed by atoms with Crippen molar-refractivity contribution in [2.24, 2.45) is 5.73 Å². The minimum atomic E-state index is -0.0125. The van der Waals surface area contributed by atoms with Crippen molar-refractivity contribution in [3.63, 3.8) is 0 Å². The van der Waals surface area contributed by atoms with E-state index in [4.69, 9.17) is 5.73 Å². The van der Waals surface area contributed by atoms with E-state index >= 15 is 0 Å². The molecule has 1 amide bonds. The Morgan fingerprint density at radius 1 is 1.50 bits per heavy atom. The number of carbonyl (C=O) groups excluding carboxylic acids is 1. The molecule has 0 bridgehead atoms. The monoisotopic (exact) mass is 263 g/mol. The van der Waals surface area contributed by atoms with Crippen LogP contribution in [0.15, 0.2) is 24.3 Å². The Morgan fingerprint density at radius 3 is 2.89 bits per heavy atom. The van der Waals surface area contributed by atoms with Crippen molar-refractivity contribution in [2.45, 2.75) is 19.4 Å². The van der Waals surface area contributed by atoms with Gasteiger partial charge in [-0.2, -0.15) is 0 Å². The fourth-order valence-corrected chi connectivity index (χ4v) is 2.81. The molecule has 0 aliphatic heterocycles. The highest BCUT2D eigenvalue weighted by atomic mass is 32.1. The van der Waals surface area contributed by atoms with Gasteiger partial charge in [0.25, 0.3) is 0 Å². The standard InChI is InChI=1S/C13H17N3OS/c1-9(16(2)12(17)7-8-14)13-15-10-5-3-4-6-11(10)18-13/h3-6,9H,7-8,14H2,1-2H3. The summed E-state index contributed by atoms with van der Waals surface area (Å²) in [7, 11) is 1.80. The summed E-state index contributed by atoms with van der Waals surface area (Å²) in [4.78, 5) is 18.1. The van der Waals surface area contributed by atoms with Crippen LogP contribution in [-0.2, 0) is 4.79 Å². The van der Waals surface area contributed by atoms with Crippen molar-refractivity contribution in [1.82, 2.24) is 9.88 Å². The lowest BCUT2D eigenvalue weighted by Crippen LogP contribution is -2.30. The van der Waals surface area contributed by atoms with Gasteiger partial charge < -0.3 is 10.6 Å². The molecule has 2 N–H and O–H groups in total. The summed E-state index contributed by atoms with van der Waals surface area (Å²) in [6.07, 6.45) is 0.381. The van der Waals surface area contributed by atoms with Crippen LogP contribution in [-0.4, -0.2) is 29.4 Å². The van der Waals surface area contributed by atoms with Gasteiger partial charge in [0.1, 0.15) is 5.01 Å². The summed E-state index contributed by atoms with van der Waals surface area (Å²) in [5.41, 5.74) is 6.40. The Bertz CT molecular complexity index is 519. The molecule has 1 unspecified atom stereocenters. The Balaban J connectivity index is 2.22. The molecule has 1 aromatic heterocycles. The van der Waals surface area contributed by atoms with E-state index in [1.165, 1.54) is 0 Å². The molecule has 18 heavy (non-hydrogen) atoms. The number of hydrogen-bond donors (Lipinski definition) is 1. The van der Waals surface area contributed by atoms with Gasteiger partial charge >= 0.3 is 0 Å². The lowest BCUT2D eigenvalue weighted by atomic mass is 10.2. The number of benzene rings is 1. The first-order valence-corrected chi connectivity index (χ1v) is 6.76. The smallest absolute Gasteiger partial charge is 0.224 e. The van der Waals surface area contributed by atoms with Crippen molar-refractivity contribution in [2.75, 3.05) is 13.6 Å². The van der Waals surface area contributed by atoms with Gasteiger partial charge in [0, 0.05) is 20.0 Å². The average molecular weight is 263 g/mol. The summed E-state index contributed by atoms with van der Waals surface area (Å²) in [6, 6.07) is 7.99. The molecule has 2 aromatic rings. The van der Waals surface area contributed by atoms with Gasteiger partial charge in [-0.1, -0.05) is 12.1 Å². The number of para-hydroxylation sites is 1. The van der Waals surface area contributed by atoms with Crippen molar-refractivity contribution in [1.29, 1.82) is 0 Å². The molecule has 0 fully saturated rings. The van der Waals surface area contributed by atoms with E-state index in [-0.39, 0.29) is 11.9 Å². The first-order chi connectivity index (χ1) is 8.63. The maximum absolute atomic E-state index is 11.8. The molecule has 0 spiro atoms. The normalized spacial score (nSPS) is 12.6. The second-order valence-electron chi connectivity index (χ2n) is 4.24. The highest BCUT2D eigenvalue weighted by Gasteiger charge is 2.19. The Kier molecular flexibility index (Phi) is 3.93. The number of rotatable bonds is 4. The molecular formula is C13H17N3OS. The van der Waals surface area contributed by atoms with Gasteiger partial charge in [0.2, 0.25) is 5.91 Å². The van der Waals surface area contributed by atoms with Crippen molar-refractivity contribution < 1.29 is 4.79 Å². The highest BCUT2D eigenvalue weighted by molar-refractivity contribution is 7.18.